The molecule has 6 nitrogen and oxygen atoms in total. The van der Waals surface area contributed by atoms with Crippen molar-refractivity contribution in [1.29, 1.82) is 0 Å². The van der Waals surface area contributed by atoms with Crippen molar-refractivity contribution in [3.63, 3.8) is 0 Å². The summed E-state index contributed by atoms with van der Waals surface area (Å²) < 4.78 is 31.3. The number of hydrogen-bond acceptors (Lipinski definition) is 7. The van der Waals surface area contributed by atoms with Gasteiger partial charge >= 0.3 is 5.97 Å². The third kappa shape index (κ3) is 3.06. The van der Waals surface area contributed by atoms with E-state index in [1.165, 1.54) is 24.0 Å². The van der Waals surface area contributed by atoms with E-state index in [0.29, 0.717) is 0 Å². The van der Waals surface area contributed by atoms with Crippen molar-refractivity contribution in [2.75, 3.05) is 7.11 Å². The second kappa shape index (κ2) is 6.00. The van der Waals surface area contributed by atoms with E-state index in [0.717, 1.165) is 21.8 Å². The first-order valence-electron chi connectivity index (χ1n) is 5.50. The van der Waals surface area contributed by atoms with E-state index in [1.807, 2.05) is 18.4 Å². The zero-order valence-corrected chi connectivity index (χ0v) is 13.2. The van der Waals surface area contributed by atoms with E-state index in [1.54, 1.807) is 0 Å². The average molecular weight is 332 g/mol. The number of ether oxygens (including phenoxy) is 1. The van der Waals surface area contributed by atoms with Gasteiger partial charge in [-0.05, 0) is 23.9 Å². The quantitative estimate of drug-likeness (QED) is 0.844. The van der Waals surface area contributed by atoms with Gasteiger partial charge in [-0.2, -0.15) is 0 Å². The normalized spacial score (nSPS) is 11.5. The first kappa shape index (κ1) is 15.1. The van der Waals surface area contributed by atoms with Gasteiger partial charge in [-0.3, -0.25) is 0 Å². The second-order valence-corrected chi connectivity index (χ2v) is 7.65. The lowest BCUT2D eigenvalue weighted by Crippen LogP contribution is -2.24. The number of thiazole rings is 1. The van der Waals surface area contributed by atoms with Gasteiger partial charge in [0.05, 0.1) is 12.6 Å². The summed E-state index contributed by atoms with van der Waals surface area (Å²) in [7, 11) is -2.60. The minimum absolute atomic E-state index is 0.126. The zero-order chi connectivity index (χ0) is 14.8. The van der Waals surface area contributed by atoms with Crippen molar-refractivity contribution >= 4 is 38.7 Å². The van der Waals surface area contributed by atoms with E-state index in [2.05, 4.69) is 14.4 Å². The Labute approximate surface area is 124 Å². The Hall–Kier alpha value is -1.29. The molecule has 0 atom stereocenters. The van der Waals surface area contributed by atoms with E-state index in [4.69, 9.17) is 0 Å². The number of hydrogen-bond donors (Lipinski definition) is 1. The molecule has 0 aliphatic carbocycles. The highest BCUT2D eigenvalue weighted by Crippen LogP contribution is 2.22. The van der Waals surface area contributed by atoms with Crippen LogP contribution >= 0.6 is 22.7 Å². The molecule has 0 aliphatic heterocycles. The van der Waals surface area contributed by atoms with Crippen LogP contribution in [0.15, 0.2) is 21.2 Å². The largest absolute Gasteiger partial charge is 0.464 e. The van der Waals surface area contributed by atoms with Gasteiger partial charge < -0.3 is 4.74 Å². The Morgan fingerprint density at radius 2 is 2.20 bits per heavy atom. The van der Waals surface area contributed by atoms with Gasteiger partial charge in [0.25, 0.3) is 10.0 Å². The maximum atomic E-state index is 12.2. The van der Waals surface area contributed by atoms with Gasteiger partial charge in [-0.15, -0.1) is 22.7 Å². The highest BCUT2D eigenvalue weighted by atomic mass is 32.2. The van der Waals surface area contributed by atoms with Gasteiger partial charge in [0.15, 0.2) is 9.90 Å². The molecule has 1 N–H and O–H groups in total. The number of sulfonamides is 1. The van der Waals surface area contributed by atoms with Crippen LogP contribution < -0.4 is 4.72 Å². The van der Waals surface area contributed by atoms with Crippen LogP contribution in [0.3, 0.4) is 0 Å². The Morgan fingerprint density at radius 1 is 1.45 bits per heavy atom. The number of aryl methyl sites for hydroxylation is 1. The van der Waals surface area contributed by atoms with Crippen LogP contribution in [0.25, 0.3) is 0 Å². The number of carbonyl (C=O) groups excluding carboxylic acids is 1. The summed E-state index contributed by atoms with van der Waals surface area (Å²) in [5, 5.41) is 1.89. The first-order chi connectivity index (χ1) is 9.45. The van der Waals surface area contributed by atoms with Crippen LogP contribution in [-0.2, 0) is 21.3 Å². The predicted octanol–water partition coefficient (Wildman–Crippen LogP) is 1.78. The summed E-state index contributed by atoms with van der Waals surface area (Å²) >= 11 is 2.35. The fourth-order valence-electron chi connectivity index (χ4n) is 1.47. The number of methoxy groups -OCH3 is 1. The lowest BCUT2D eigenvalue weighted by Gasteiger charge is -2.05. The van der Waals surface area contributed by atoms with E-state index in [9.17, 15) is 13.2 Å². The fourth-order valence-corrected chi connectivity index (χ4v) is 4.58. The molecule has 2 heterocycles. The van der Waals surface area contributed by atoms with Gasteiger partial charge in [0.1, 0.15) is 0 Å². The summed E-state index contributed by atoms with van der Waals surface area (Å²) in [4.78, 5) is 16.1. The highest BCUT2D eigenvalue weighted by molar-refractivity contribution is 7.91. The van der Waals surface area contributed by atoms with Crippen LogP contribution in [-0.4, -0.2) is 26.5 Å². The first-order valence-corrected chi connectivity index (χ1v) is 8.74. The minimum Gasteiger partial charge on any atom is -0.464 e. The van der Waals surface area contributed by atoms with E-state index in [-0.39, 0.29) is 16.4 Å². The number of esters is 1. The van der Waals surface area contributed by atoms with E-state index >= 15 is 0 Å². The summed E-state index contributed by atoms with van der Waals surface area (Å²) in [6, 6.07) is 1.92. The van der Waals surface area contributed by atoms with Crippen molar-refractivity contribution in [1.82, 2.24) is 9.71 Å². The maximum absolute atomic E-state index is 12.2. The topological polar surface area (TPSA) is 85.4 Å². The fraction of sp³-hybridized carbons (Fsp3) is 0.273. The molecule has 0 fully saturated rings. The van der Waals surface area contributed by atoms with Crippen molar-refractivity contribution in [3.8, 4) is 0 Å². The molecule has 0 saturated heterocycles. The molecule has 9 heteroatoms. The minimum atomic E-state index is -3.78. The molecule has 108 valence electrons. The zero-order valence-electron chi connectivity index (χ0n) is 10.7. The summed E-state index contributed by atoms with van der Waals surface area (Å²) in [6.45, 7) is 2.09. The summed E-state index contributed by atoms with van der Waals surface area (Å²) in [6.07, 6.45) is 0. The van der Waals surface area contributed by atoms with Crippen molar-refractivity contribution in [3.05, 3.63) is 33.1 Å². The van der Waals surface area contributed by atoms with Gasteiger partial charge in [0.2, 0.25) is 0 Å². The predicted molar refractivity (Wildman–Crippen MR) is 76.5 cm³/mol. The van der Waals surface area contributed by atoms with E-state index < -0.39 is 16.0 Å². The number of nitrogens with one attached hydrogen (secondary N) is 1. The number of nitrogens with zero attached hydrogens (tertiary/aromatic N) is 1. The molecule has 20 heavy (non-hydrogen) atoms. The van der Waals surface area contributed by atoms with Gasteiger partial charge in [-0.1, -0.05) is 0 Å². The molecule has 0 aliphatic rings. The lowest BCUT2D eigenvalue weighted by molar-refractivity contribution is 0.0590. The maximum Gasteiger partial charge on any atom is 0.358 e. The number of rotatable bonds is 5. The molecule has 0 saturated carbocycles. The smallest absolute Gasteiger partial charge is 0.358 e. The molecule has 0 spiro atoms. The molecule has 0 aromatic carbocycles. The standard InChI is InChI=1S/C11H12N2O4S3/c1-7-3-4-18-8(7)5-13-20(15,16)11-9(10(14)17-2)12-6-19-11/h3-4,6,13H,5H2,1-2H3. The molecular formula is C11H12N2O4S3. The molecule has 0 unspecified atom stereocenters. The monoisotopic (exact) mass is 332 g/mol. The Balaban J connectivity index is 2.21. The average Bonchev–Trinajstić information content (AvgIpc) is 3.04. The number of carbonyl (C=O) groups is 1. The number of aromatic nitrogens is 1. The lowest BCUT2D eigenvalue weighted by atomic mass is 10.3. The Morgan fingerprint density at radius 3 is 2.80 bits per heavy atom. The second-order valence-electron chi connectivity index (χ2n) is 3.83. The molecule has 2 aromatic rings. The summed E-state index contributed by atoms with van der Waals surface area (Å²) in [5.74, 6) is -0.765. The molecule has 0 radical (unpaired) electrons. The third-order valence-corrected chi connectivity index (χ3v) is 6.34. The third-order valence-electron chi connectivity index (χ3n) is 2.55. The highest BCUT2D eigenvalue weighted by Gasteiger charge is 2.26. The molecule has 0 amide bonds. The van der Waals surface area contributed by atoms with Crippen LogP contribution in [0.2, 0.25) is 0 Å². The number of thiophene rings is 1. The van der Waals surface area contributed by atoms with Crippen molar-refractivity contribution in [2.24, 2.45) is 0 Å². The molecular weight excluding hydrogens is 320 g/mol. The SMILES string of the molecule is COC(=O)c1ncsc1S(=O)(=O)NCc1sccc1C. The van der Waals surface area contributed by atoms with Crippen LogP contribution in [0.1, 0.15) is 20.9 Å². The molecule has 2 rings (SSSR count). The van der Waals surface area contributed by atoms with Crippen molar-refractivity contribution < 1.29 is 17.9 Å². The van der Waals surface area contributed by atoms with Crippen LogP contribution in [0.4, 0.5) is 0 Å². The summed E-state index contributed by atoms with van der Waals surface area (Å²) in [5.41, 5.74) is 2.14. The van der Waals surface area contributed by atoms with Crippen molar-refractivity contribution in [2.45, 2.75) is 17.7 Å². The van der Waals surface area contributed by atoms with Crippen LogP contribution in [0, 0.1) is 6.92 Å². The molecule has 0 bridgehead atoms. The Kier molecular flexibility index (Phi) is 4.53. The Bertz CT molecular complexity index is 718. The van der Waals surface area contributed by atoms with Crippen LogP contribution in [0.5, 0.6) is 0 Å². The molecule has 2 aromatic heterocycles. The van der Waals surface area contributed by atoms with Gasteiger partial charge in [0, 0.05) is 11.4 Å². The van der Waals surface area contributed by atoms with Gasteiger partial charge in [-0.25, -0.2) is 22.9 Å².